The van der Waals surface area contributed by atoms with Gasteiger partial charge in [-0.05, 0) is 0 Å². The molecule has 0 spiro atoms. The van der Waals surface area contributed by atoms with Crippen LogP contribution >= 0.6 is 0 Å². The second-order valence-corrected chi connectivity index (χ2v) is 18.3. The van der Waals surface area contributed by atoms with Crippen molar-refractivity contribution in [1.82, 2.24) is 0 Å². The van der Waals surface area contributed by atoms with E-state index in [2.05, 4.69) is 122 Å². The Labute approximate surface area is 226 Å². The third-order valence-corrected chi connectivity index (χ3v) is 17.5. The molecule has 0 amide bonds. The second-order valence-electron chi connectivity index (χ2n) is 11.3. The van der Waals surface area contributed by atoms with E-state index in [1.165, 1.54) is 39.9 Å². The van der Waals surface area contributed by atoms with E-state index in [0.717, 1.165) is 4.22 Å². The van der Waals surface area contributed by atoms with E-state index in [1.54, 1.807) is 33.4 Å². The van der Waals surface area contributed by atoms with E-state index in [1.807, 2.05) is 5.57 Å². The van der Waals surface area contributed by atoms with Gasteiger partial charge in [0.15, 0.2) is 0 Å². The molecule has 6 rings (SSSR count). The number of rotatable bonds is 8. The molecule has 0 radical (unpaired) electrons. The molecular weight excluding hydrogens is 480 g/mol. The average molecular weight is 519 g/mol. The molecule has 4 aromatic carbocycles. The summed E-state index contributed by atoms with van der Waals surface area (Å²) in [7, 11) is 0. The summed E-state index contributed by atoms with van der Waals surface area (Å²) in [4.78, 5) is 0. The topological polar surface area (TPSA) is 0 Å². The Morgan fingerprint density at radius 3 is 1.62 bits per heavy atom. The van der Waals surface area contributed by atoms with Gasteiger partial charge in [0.2, 0.25) is 0 Å². The standard InChI is InChI=1S/C15H17.3C7H7.Ti/c1-2-11-12-7-3-5-9-14(12)15-10-6-4-8-13(11)15;3*1-7-5-3-2-4-6-7;/h3,5,7-9,11H,2,4,6,10H2,1H3;3*2-6H,1H2;. The van der Waals surface area contributed by atoms with Gasteiger partial charge in [-0.2, -0.15) is 0 Å². The van der Waals surface area contributed by atoms with Crippen molar-refractivity contribution in [1.29, 1.82) is 0 Å². The van der Waals surface area contributed by atoms with Crippen LogP contribution in [0, 0.1) is 0 Å². The summed E-state index contributed by atoms with van der Waals surface area (Å²) in [6, 6.07) is 43.8. The van der Waals surface area contributed by atoms with Gasteiger partial charge >= 0.3 is 228 Å². The first-order valence-electron chi connectivity index (χ1n) is 14.2. The minimum atomic E-state index is -2.68. The molecule has 2 atom stereocenters. The maximum atomic E-state index is 2.43. The number of hydrogen-bond acceptors (Lipinski definition) is 0. The van der Waals surface area contributed by atoms with Gasteiger partial charge in [0.05, 0.1) is 0 Å². The van der Waals surface area contributed by atoms with E-state index in [4.69, 9.17) is 0 Å². The molecule has 2 unspecified atom stereocenters. The van der Waals surface area contributed by atoms with Crippen LogP contribution in [0.2, 0.25) is 4.22 Å². The molecule has 37 heavy (non-hydrogen) atoms. The zero-order chi connectivity index (χ0) is 25.1. The zero-order valence-electron chi connectivity index (χ0n) is 22.1. The van der Waals surface area contributed by atoms with E-state index < -0.39 is 16.6 Å². The van der Waals surface area contributed by atoms with E-state index in [0.29, 0.717) is 5.92 Å². The molecule has 1 heteroatoms. The normalized spacial score (nSPS) is 18.9. The van der Waals surface area contributed by atoms with Crippen LogP contribution in [0.3, 0.4) is 0 Å². The SMILES string of the molecule is CCC1C2=C(CCC[CH]2[Ti]([CH2]c2ccccc2)([CH2]c2ccccc2)[CH2]c2ccccc2)c2ccccc21. The van der Waals surface area contributed by atoms with Gasteiger partial charge < -0.3 is 0 Å². The quantitative estimate of drug-likeness (QED) is 0.204. The molecule has 0 nitrogen and oxygen atoms in total. The Balaban J connectivity index is 1.54. The first-order chi connectivity index (χ1) is 18.3. The van der Waals surface area contributed by atoms with Gasteiger partial charge in [0.25, 0.3) is 0 Å². The summed E-state index contributed by atoms with van der Waals surface area (Å²) in [5, 5.41) is 0. The maximum absolute atomic E-state index is 2.68. The van der Waals surface area contributed by atoms with Crippen LogP contribution in [0.4, 0.5) is 0 Å². The molecule has 0 aromatic heterocycles. The van der Waals surface area contributed by atoms with Crippen LogP contribution in [0.15, 0.2) is 121 Å². The van der Waals surface area contributed by atoms with Crippen molar-refractivity contribution in [2.45, 2.75) is 56.9 Å². The van der Waals surface area contributed by atoms with Crippen molar-refractivity contribution in [3.63, 3.8) is 0 Å². The van der Waals surface area contributed by atoms with Gasteiger partial charge in [-0.15, -0.1) is 0 Å². The van der Waals surface area contributed by atoms with Crippen LogP contribution in [-0.4, -0.2) is 0 Å². The first-order valence-corrected chi connectivity index (χ1v) is 18.4. The van der Waals surface area contributed by atoms with E-state index >= 15 is 0 Å². The minimum absolute atomic E-state index is 0.601. The Morgan fingerprint density at radius 2 is 1.11 bits per heavy atom. The van der Waals surface area contributed by atoms with Crippen molar-refractivity contribution in [2.24, 2.45) is 0 Å². The van der Waals surface area contributed by atoms with Crippen molar-refractivity contribution in [3.8, 4) is 0 Å². The molecule has 0 bridgehead atoms. The summed E-state index contributed by atoms with van der Waals surface area (Å²) in [6.45, 7) is 2.42. The predicted octanol–water partition coefficient (Wildman–Crippen LogP) is 9.67. The Kier molecular flexibility index (Phi) is 7.32. The summed E-state index contributed by atoms with van der Waals surface area (Å²) >= 11 is -2.68. The molecule has 0 fully saturated rings. The monoisotopic (exact) mass is 518 g/mol. The van der Waals surface area contributed by atoms with Crippen LogP contribution in [0.5, 0.6) is 0 Å². The zero-order valence-corrected chi connectivity index (χ0v) is 23.6. The predicted molar refractivity (Wildman–Crippen MR) is 154 cm³/mol. The molecule has 0 aliphatic heterocycles. The fourth-order valence-corrected chi connectivity index (χ4v) is 17.2. The second kappa shape index (κ2) is 11.0. The van der Waals surface area contributed by atoms with Gasteiger partial charge in [-0.1, -0.05) is 0 Å². The molecule has 0 heterocycles. The molecule has 186 valence electrons. The van der Waals surface area contributed by atoms with Gasteiger partial charge in [-0.25, -0.2) is 0 Å². The summed E-state index contributed by atoms with van der Waals surface area (Å²) in [5.41, 5.74) is 11.4. The summed E-state index contributed by atoms with van der Waals surface area (Å²) in [5.74, 6) is 0.601. The van der Waals surface area contributed by atoms with Crippen molar-refractivity contribution < 1.29 is 16.6 Å². The average Bonchev–Trinajstić information content (AvgIpc) is 3.28. The van der Waals surface area contributed by atoms with Crippen molar-refractivity contribution in [2.75, 3.05) is 0 Å². The third-order valence-electron chi connectivity index (χ3n) is 9.02. The fourth-order valence-electron chi connectivity index (χ4n) is 7.62. The Hall–Kier alpha value is -2.67. The summed E-state index contributed by atoms with van der Waals surface area (Å²) in [6.07, 6.45) is 5.18. The fraction of sp³-hybridized carbons (Fsp3) is 0.278. The van der Waals surface area contributed by atoms with Gasteiger partial charge in [0.1, 0.15) is 0 Å². The van der Waals surface area contributed by atoms with Crippen LogP contribution < -0.4 is 0 Å². The Bertz CT molecular complexity index is 1250. The van der Waals surface area contributed by atoms with Gasteiger partial charge in [-0.3, -0.25) is 0 Å². The van der Waals surface area contributed by atoms with E-state index in [-0.39, 0.29) is 0 Å². The number of hydrogen-bond donors (Lipinski definition) is 0. The Morgan fingerprint density at radius 1 is 0.622 bits per heavy atom. The van der Waals surface area contributed by atoms with Crippen LogP contribution in [0.25, 0.3) is 5.57 Å². The van der Waals surface area contributed by atoms with Gasteiger partial charge in [0, 0.05) is 0 Å². The number of benzene rings is 4. The molecule has 2 aliphatic rings. The molecule has 0 N–H and O–H groups in total. The van der Waals surface area contributed by atoms with E-state index in [9.17, 15) is 0 Å². The molecule has 0 saturated heterocycles. The van der Waals surface area contributed by atoms with Crippen molar-refractivity contribution >= 4 is 5.57 Å². The first kappa shape index (κ1) is 24.7. The molecule has 4 aromatic rings. The third kappa shape index (κ3) is 4.95. The summed E-state index contributed by atoms with van der Waals surface area (Å²) < 4.78 is 4.62. The van der Waals surface area contributed by atoms with Crippen LogP contribution in [-0.2, 0) is 30.8 Å². The van der Waals surface area contributed by atoms with Crippen molar-refractivity contribution in [3.05, 3.63) is 149 Å². The number of allylic oxidation sites excluding steroid dienone is 2. The number of fused-ring (bicyclic) bond motifs is 2. The molecule has 0 saturated carbocycles. The molecule has 2 aliphatic carbocycles. The molecular formula is C36H38Ti. The van der Waals surface area contributed by atoms with Crippen LogP contribution in [0.1, 0.15) is 66.3 Å².